The molecule has 1 heterocycles. The highest BCUT2D eigenvalue weighted by molar-refractivity contribution is 5.73. The maximum atomic E-state index is 11.6. The van der Waals surface area contributed by atoms with Crippen LogP contribution in [0.4, 0.5) is 4.79 Å². The summed E-state index contributed by atoms with van der Waals surface area (Å²) in [6, 6.07) is -0.199. The molecule has 0 saturated heterocycles. The molecule has 116 valence electrons. The van der Waals surface area contributed by atoms with E-state index in [1.54, 1.807) is 0 Å². The number of nitrogens with zero attached hydrogens (tertiary/aromatic N) is 2. The lowest BCUT2D eigenvalue weighted by atomic mass is 9.82. The zero-order chi connectivity index (χ0) is 15.1. The number of aliphatic carboxylic acids is 1. The summed E-state index contributed by atoms with van der Waals surface area (Å²) >= 11 is 0. The summed E-state index contributed by atoms with van der Waals surface area (Å²) in [5.41, 5.74) is 0. The van der Waals surface area contributed by atoms with Crippen LogP contribution in [0.1, 0.15) is 31.5 Å². The van der Waals surface area contributed by atoms with Crippen molar-refractivity contribution in [1.29, 1.82) is 0 Å². The SMILES string of the molecule is O=C(NCCc1ncn[nH]1)NCC1CCC(C(=O)O)CC1. The molecule has 0 radical (unpaired) electrons. The number of carbonyl (C=O) groups is 2. The quantitative estimate of drug-likeness (QED) is 0.610. The number of hydrogen-bond acceptors (Lipinski definition) is 4. The van der Waals surface area contributed by atoms with Crippen molar-refractivity contribution in [3.8, 4) is 0 Å². The number of urea groups is 1. The molecule has 1 aromatic heterocycles. The average Bonchev–Trinajstić information content (AvgIpc) is 2.99. The smallest absolute Gasteiger partial charge is 0.314 e. The predicted molar refractivity (Wildman–Crippen MR) is 74.6 cm³/mol. The summed E-state index contributed by atoms with van der Waals surface area (Å²) in [4.78, 5) is 26.4. The third kappa shape index (κ3) is 5.05. The molecule has 0 bridgehead atoms. The van der Waals surface area contributed by atoms with Gasteiger partial charge in [0.05, 0.1) is 5.92 Å². The van der Waals surface area contributed by atoms with E-state index in [1.165, 1.54) is 6.33 Å². The van der Waals surface area contributed by atoms with Gasteiger partial charge in [-0.25, -0.2) is 9.78 Å². The average molecular weight is 295 g/mol. The molecule has 1 saturated carbocycles. The van der Waals surface area contributed by atoms with E-state index < -0.39 is 5.97 Å². The zero-order valence-corrected chi connectivity index (χ0v) is 11.8. The first kappa shape index (κ1) is 15.3. The van der Waals surface area contributed by atoms with Crippen LogP contribution < -0.4 is 10.6 Å². The van der Waals surface area contributed by atoms with Crippen molar-refractivity contribution in [2.24, 2.45) is 11.8 Å². The van der Waals surface area contributed by atoms with Gasteiger partial charge in [0.1, 0.15) is 12.2 Å². The Bertz CT molecular complexity index is 454. The number of aromatic nitrogens is 3. The molecular formula is C13H21N5O3. The fourth-order valence-corrected chi connectivity index (χ4v) is 2.56. The minimum Gasteiger partial charge on any atom is -0.481 e. The van der Waals surface area contributed by atoms with Crippen LogP contribution in [0.5, 0.6) is 0 Å². The fourth-order valence-electron chi connectivity index (χ4n) is 2.56. The van der Waals surface area contributed by atoms with Crippen LogP contribution in [0.2, 0.25) is 0 Å². The number of amides is 2. The first-order valence-electron chi connectivity index (χ1n) is 7.24. The van der Waals surface area contributed by atoms with Crippen molar-refractivity contribution in [3.05, 3.63) is 12.2 Å². The Hall–Kier alpha value is -2.12. The number of carboxylic acid groups (broad SMARTS) is 1. The Balaban J connectivity index is 1.56. The van der Waals surface area contributed by atoms with Gasteiger partial charge in [-0.15, -0.1) is 0 Å². The van der Waals surface area contributed by atoms with E-state index in [-0.39, 0.29) is 11.9 Å². The summed E-state index contributed by atoms with van der Waals surface area (Å²) in [5.74, 6) is 0.200. The highest BCUT2D eigenvalue weighted by atomic mass is 16.4. The molecule has 2 rings (SSSR count). The maximum Gasteiger partial charge on any atom is 0.314 e. The van der Waals surface area contributed by atoms with Crippen LogP contribution in [0, 0.1) is 11.8 Å². The Kier molecular flexibility index (Phi) is 5.53. The monoisotopic (exact) mass is 295 g/mol. The lowest BCUT2D eigenvalue weighted by Crippen LogP contribution is -2.40. The molecule has 4 N–H and O–H groups in total. The van der Waals surface area contributed by atoms with Crippen molar-refractivity contribution in [2.45, 2.75) is 32.1 Å². The standard InChI is InChI=1S/C13H21N5O3/c19-12(20)10-3-1-9(2-4-10)7-15-13(21)14-6-5-11-16-8-17-18-11/h8-10H,1-7H2,(H,19,20)(H2,14,15,21)(H,16,17,18). The van der Waals surface area contributed by atoms with E-state index in [0.717, 1.165) is 18.7 Å². The molecule has 21 heavy (non-hydrogen) atoms. The number of hydrogen-bond donors (Lipinski definition) is 4. The lowest BCUT2D eigenvalue weighted by Gasteiger charge is -2.26. The third-order valence-corrected chi connectivity index (χ3v) is 3.86. The Morgan fingerprint density at radius 3 is 2.67 bits per heavy atom. The molecule has 1 aromatic rings. The van der Waals surface area contributed by atoms with Crippen LogP contribution in [0.3, 0.4) is 0 Å². The van der Waals surface area contributed by atoms with Crippen LogP contribution >= 0.6 is 0 Å². The minimum absolute atomic E-state index is 0.199. The van der Waals surface area contributed by atoms with Gasteiger partial charge in [-0.2, -0.15) is 5.10 Å². The van der Waals surface area contributed by atoms with Gasteiger partial charge in [0.25, 0.3) is 0 Å². The van der Waals surface area contributed by atoms with Gasteiger partial charge in [0.2, 0.25) is 0 Å². The van der Waals surface area contributed by atoms with Crippen molar-refractivity contribution < 1.29 is 14.7 Å². The van der Waals surface area contributed by atoms with E-state index in [0.29, 0.717) is 38.3 Å². The molecule has 1 aliphatic carbocycles. The number of aromatic amines is 1. The molecule has 1 aliphatic rings. The Morgan fingerprint density at radius 2 is 2.05 bits per heavy atom. The molecule has 0 aliphatic heterocycles. The summed E-state index contributed by atoms with van der Waals surface area (Å²) in [6.07, 6.45) is 5.16. The molecule has 0 spiro atoms. The second-order valence-corrected chi connectivity index (χ2v) is 5.37. The second kappa shape index (κ2) is 7.61. The third-order valence-electron chi connectivity index (χ3n) is 3.86. The van der Waals surface area contributed by atoms with Crippen molar-refractivity contribution in [1.82, 2.24) is 25.8 Å². The number of carbonyl (C=O) groups excluding carboxylic acids is 1. The summed E-state index contributed by atoms with van der Waals surface area (Å²) in [6.45, 7) is 1.09. The van der Waals surface area contributed by atoms with Crippen molar-refractivity contribution in [2.75, 3.05) is 13.1 Å². The molecule has 0 atom stereocenters. The van der Waals surface area contributed by atoms with Gasteiger partial charge in [0.15, 0.2) is 0 Å². The topological polar surface area (TPSA) is 120 Å². The van der Waals surface area contributed by atoms with Crippen LogP contribution in [-0.2, 0) is 11.2 Å². The molecule has 8 nitrogen and oxygen atoms in total. The second-order valence-electron chi connectivity index (χ2n) is 5.37. The fraction of sp³-hybridized carbons (Fsp3) is 0.692. The van der Waals surface area contributed by atoms with E-state index in [4.69, 9.17) is 5.11 Å². The summed E-state index contributed by atoms with van der Waals surface area (Å²) in [5, 5.41) is 21.0. The highest BCUT2D eigenvalue weighted by Gasteiger charge is 2.25. The van der Waals surface area contributed by atoms with Gasteiger partial charge in [0, 0.05) is 19.5 Å². The van der Waals surface area contributed by atoms with Gasteiger partial charge < -0.3 is 15.7 Å². The molecule has 1 fully saturated rings. The number of nitrogens with one attached hydrogen (secondary N) is 3. The van der Waals surface area contributed by atoms with Crippen LogP contribution in [0.25, 0.3) is 0 Å². The molecule has 2 amide bonds. The predicted octanol–water partition coefficient (Wildman–Crippen LogP) is 0.537. The van der Waals surface area contributed by atoms with E-state index in [1.807, 2.05) is 0 Å². The van der Waals surface area contributed by atoms with Gasteiger partial charge in [-0.05, 0) is 31.6 Å². The normalized spacial score (nSPS) is 21.7. The summed E-state index contributed by atoms with van der Waals surface area (Å²) in [7, 11) is 0. The molecular weight excluding hydrogens is 274 g/mol. The van der Waals surface area contributed by atoms with E-state index >= 15 is 0 Å². The van der Waals surface area contributed by atoms with E-state index in [9.17, 15) is 9.59 Å². The first-order valence-corrected chi connectivity index (χ1v) is 7.24. The molecule has 0 aromatic carbocycles. The highest BCUT2D eigenvalue weighted by Crippen LogP contribution is 2.28. The van der Waals surface area contributed by atoms with Gasteiger partial charge in [-0.1, -0.05) is 0 Å². The largest absolute Gasteiger partial charge is 0.481 e. The maximum absolute atomic E-state index is 11.6. The number of H-pyrrole nitrogens is 1. The van der Waals surface area contributed by atoms with Crippen LogP contribution in [-0.4, -0.2) is 45.4 Å². The lowest BCUT2D eigenvalue weighted by molar-refractivity contribution is -0.143. The number of carboxylic acids is 1. The molecule has 8 heteroatoms. The summed E-state index contributed by atoms with van der Waals surface area (Å²) < 4.78 is 0. The van der Waals surface area contributed by atoms with E-state index in [2.05, 4.69) is 25.8 Å². The minimum atomic E-state index is -0.702. The first-order chi connectivity index (χ1) is 10.1. The van der Waals surface area contributed by atoms with Crippen molar-refractivity contribution >= 4 is 12.0 Å². The number of rotatable bonds is 6. The van der Waals surface area contributed by atoms with Crippen LogP contribution in [0.15, 0.2) is 6.33 Å². The van der Waals surface area contributed by atoms with Gasteiger partial charge >= 0.3 is 12.0 Å². The van der Waals surface area contributed by atoms with Crippen molar-refractivity contribution in [3.63, 3.8) is 0 Å². The molecule has 0 unspecified atom stereocenters. The Labute approximate surface area is 122 Å². The zero-order valence-electron chi connectivity index (χ0n) is 11.8. The van der Waals surface area contributed by atoms with Gasteiger partial charge in [-0.3, -0.25) is 9.89 Å². The Morgan fingerprint density at radius 1 is 1.29 bits per heavy atom.